The SMILES string of the molecule is Cc1ccc(C2CC(c3ccc([N+](=O)[O-])cc3)=Nc3ccccc3S2)cc1. The summed E-state index contributed by atoms with van der Waals surface area (Å²) in [6.07, 6.45) is 0.764. The van der Waals surface area contributed by atoms with Gasteiger partial charge in [0.05, 0.1) is 10.6 Å². The summed E-state index contributed by atoms with van der Waals surface area (Å²) in [7, 11) is 0. The standard InChI is InChI=1S/C22H18N2O2S/c1-15-6-8-17(9-7-15)22-14-20(16-10-12-18(13-11-16)24(25)26)23-19-4-2-3-5-21(19)27-22/h2-13,22H,14H2,1H3. The minimum Gasteiger partial charge on any atom is -0.258 e. The molecule has 0 spiro atoms. The lowest BCUT2D eigenvalue weighted by molar-refractivity contribution is -0.384. The number of rotatable bonds is 3. The number of non-ortho nitro benzene ring substituents is 1. The molecule has 0 saturated heterocycles. The molecule has 1 atom stereocenters. The summed E-state index contributed by atoms with van der Waals surface area (Å²) in [6.45, 7) is 2.09. The topological polar surface area (TPSA) is 55.5 Å². The van der Waals surface area contributed by atoms with E-state index in [1.807, 2.05) is 30.0 Å². The second-order valence-electron chi connectivity index (χ2n) is 6.55. The predicted octanol–water partition coefficient (Wildman–Crippen LogP) is 6.26. The van der Waals surface area contributed by atoms with Crippen LogP contribution in [-0.4, -0.2) is 10.6 Å². The Balaban J connectivity index is 1.76. The lowest BCUT2D eigenvalue weighted by Crippen LogP contribution is -2.05. The first-order valence-electron chi connectivity index (χ1n) is 8.75. The molecular weight excluding hydrogens is 356 g/mol. The van der Waals surface area contributed by atoms with Gasteiger partial charge in [-0.05, 0) is 42.3 Å². The molecule has 0 fully saturated rings. The van der Waals surface area contributed by atoms with Crippen molar-refractivity contribution in [2.45, 2.75) is 23.5 Å². The van der Waals surface area contributed by atoms with Crippen LogP contribution in [0.15, 0.2) is 82.7 Å². The average Bonchev–Trinajstić information content (AvgIpc) is 2.88. The third kappa shape index (κ3) is 3.78. The summed E-state index contributed by atoms with van der Waals surface area (Å²) in [5.74, 6) is 0. The maximum Gasteiger partial charge on any atom is 0.269 e. The van der Waals surface area contributed by atoms with Crippen molar-refractivity contribution in [3.05, 3.63) is 99.6 Å². The number of nitro benzene ring substituents is 1. The van der Waals surface area contributed by atoms with Crippen molar-refractivity contribution in [1.82, 2.24) is 0 Å². The van der Waals surface area contributed by atoms with Gasteiger partial charge >= 0.3 is 0 Å². The highest BCUT2D eigenvalue weighted by Gasteiger charge is 2.22. The third-order valence-corrected chi connectivity index (χ3v) is 5.95. The van der Waals surface area contributed by atoms with Crippen LogP contribution < -0.4 is 0 Å². The summed E-state index contributed by atoms with van der Waals surface area (Å²) < 4.78 is 0. The van der Waals surface area contributed by atoms with Gasteiger partial charge in [0, 0.05) is 34.4 Å². The summed E-state index contributed by atoms with van der Waals surface area (Å²) in [5.41, 5.74) is 5.42. The Morgan fingerprint density at radius 3 is 2.41 bits per heavy atom. The fraction of sp³-hybridized carbons (Fsp3) is 0.136. The molecule has 0 aliphatic carbocycles. The number of benzene rings is 3. The highest BCUT2D eigenvalue weighted by molar-refractivity contribution is 7.99. The monoisotopic (exact) mass is 374 g/mol. The summed E-state index contributed by atoms with van der Waals surface area (Å²) >= 11 is 1.82. The molecule has 0 saturated carbocycles. The smallest absolute Gasteiger partial charge is 0.258 e. The van der Waals surface area contributed by atoms with Crippen molar-refractivity contribution in [3.8, 4) is 0 Å². The summed E-state index contributed by atoms with van der Waals surface area (Å²) in [6, 6.07) is 23.4. The zero-order valence-electron chi connectivity index (χ0n) is 14.8. The fourth-order valence-corrected chi connectivity index (χ4v) is 4.37. The number of aryl methyl sites for hydroxylation is 1. The molecule has 0 N–H and O–H groups in total. The Morgan fingerprint density at radius 1 is 1.00 bits per heavy atom. The molecule has 5 heteroatoms. The summed E-state index contributed by atoms with van der Waals surface area (Å²) in [5, 5.41) is 11.2. The molecule has 3 aromatic rings. The first-order valence-corrected chi connectivity index (χ1v) is 9.63. The number of thioether (sulfide) groups is 1. The van der Waals surface area contributed by atoms with E-state index < -0.39 is 0 Å². The second kappa shape index (κ2) is 7.37. The molecule has 0 aromatic heterocycles. The van der Waals surface area contributed by atoms with Crippen molar-refractivity contribution in [2.75, 3.05) is 0 Å². The Bertz CT molecular complexity index is 1010. The van der Waals surface area contributed by atoms with Gasteiger partial charge in [0.25, 0.3) is 5.69 Å². The van der Waals surface area contributed by atoms with Crippen molar-refractivity contribution in [1.29, 1.82) is 0 Å². The molecule has 0 bridgehead atoms. The first-order chi connectivity index (χ1) is 13.1. The van der Waals surface area contributed by atoms with Gasteiger partial charge in [0.1, 0.15) is 0 Å². The number of fused-ring (bicyclic) bond motifs is 1. The molecule has 134 valence electrons. The molecular formula is C22H18N2O2S. The van der Waals surface area contributed by atoms with Crippen LogP contribution in [0, 0.1) is 17.0 Å². The van der Waals surface area contributed by atoms with Gasteiger partial charge in [-0.25, -0.2) is 0 Å². The molecule has 1 unspecified atom stereocenters. The molecule has 4 nitrogen and oxygen atoms in total. The molecule has 3 aromatic carbocycles. The number of para-hydroxylation sites is 1. The van der Waals surface area contributed by atoms with E-state index in [0.29, 0.717) is 0 Å². The van der Waals surface area contributed by atoms with Crippen LogP contribution in [0.5, 0.6) is 0 Å². The van der Waals surface area contributed by atoms with E-state index in [1.54, 1.807) is 24.3 Å². The van der Waals surface area contributed by atoms with Crippen LogP contribution >= 0.6 is 11.8 Å². The van der Waals surface area contributed by atoms with Crippen LogP contribution in [0.2, 0.25) is 0 Å². The normalized spacial score (nSPS) is 16.2. The minimum atomic E-state index is -0.376. The van der Waals surface area contributed by atoms with Gasteiger partial charge in [-0.15, -0.1) is 11.8 Å². The highest BCUT2D eigenvalue weighted by atomic mass is 32.2. The molecule has 1 aliphatic rings. The lowest BCUT2D eigenvalue weighted by Gasteiger charge is -2.16. The van der Waals surface area contributed by atoms with Crippen LogP contribution in [0.25, 0.3) is 0 Å². The van der Waals surface area contributed by atoms with Crippen LogP contribution in [-0.2, 0) is 0 Å². The Morgan fingerprint density at radius 2 is 1.70 bits per heavy atom. The van der Waals surface area contributed by atoms with Crippen molar-refractivity contribution in [3.63, 3.8) is 0 Å². The zero-order chi connectivity index (χ0) is 18.8. The molecule has 4 rings (SSSR count). The van der Waals surface area contributed by atoms with Gasteiger partial charge in [-0.3, -0.25) is 15.1 Å². The lowest BCUT2D eigenvalue weighted by atomic mass is 10.0. The Hall–Kier alpha value is -2.92. The molecule has 27 heavy (non-hydrogen) atoms. The van der Waals surface area contributed by atoms with E-state index in [2.05, 4.69) is 37.3 Å². The average molecular weight is 374 g/mol. The van der Waals surface area contributed by atoms with E-state index in [9.17, 15) is 10.1 Å². The van der Waals surface area contributed by atoms with E-state index >= 15 is 0 Å². The Labute approximate surface area is 162 Å². The van der Waals surface area contributed by atoms with Crippen LogP contribution in [0.4, 0.5) is 11.4 Å². The first kappa shape index (κ1) is 17.5. The number of hydrogen-bond acceptors (Lipinski definition) is 4. The number of nitrogens with zero attached hydrogens (tertiary/aromatic N) is 2. The van der Waals surface area contributed by atoms with Crippen molar-refractivity contribution < 1.29 is 4.92 Å². The molecule has 0 amide bonds. The summed E-state index contributed by atoms with van der Waals surface area (Å²) in [4.78, 5) is 16.6. The largest absolute Gasteiger partial charge is 0.269 e. The second-order valence-corrected chi connectivity index (χ2v) is 7.80. The third-order valence-electron chi connectivity index (χ3n) is 4.63. The van der Waals surface area contributed by atoms with Gasteiger partial charge in [-0.2, -0.15) is 0 Å². The maximum atomic E-state index is 10.9. The molecule has 0 radical (unpaired) electrons. The van der Waals surface area contributed by atoms with Gasteiger partial charge in [-0.1, -0.05) is 42.0 Å². The van der Waals surface area contributed by atoms with Gasteiger partial charge in [0.2, 0.25) is 0 Å². The number of aliphatic imine (C=N–C) groups is 1. The van der Waals surface area contributed by atoms with Crippen LogP contribution in [0.1, 0.15) is 28.4 Å². The molecule has 1 aliphatic heterocycles. The minimum absolute atomic E-state index is 0.0952. The fourth-order valence-electron chi connectivity index (χ4n) is 3.14. The predicted molar refractivity (Wildman–Crippen MR) is 110 cm³/mol. The Kier molecular flexibility index (Phi) is 4.77. The molecule has 1 heterocycles. The van der Waals surface area contributed by atoms with Crippen LogP contribution in [0.3, 0.4) is 0 Å². The van der Waals surface area contributed by atoms with E-state index in [4.69, 9.17) is 4.99 Å². The maximum absolute atomic E-state index is 10.9. The van der Waals surface area contributed by atoms with Crippen molar-refractivity contribution in [2.24, 2.45) is 4.99 Å². The van der Waals surface area contributed by atoms with Gasteiger partial charge < -0.3 is 0 Å². The highest BCUT2D eigenvalue weighted by Crippen LogP contribution is 2.45. The quantitative estimate of drug-likeness (QED) is 0.401. The van der Waals surface area contributed by atoms with Crippen molar-refractivity contribution >= 4 is 28.8 Å². The number of nitro groups is 1. The van der Waals surface area contributed by atoms with E-state index in [1.165, 1.54) is 11.1 Å². The number of hydrogen-bond donors (Lipinski definition) is 0. The zero-order valence-corrected chi connectivity index (χ0v) is 15.6. The van der Waals surface area contributed by atoms with E-state index in [-0.39, 0.29) is 15.9 Å². The van der Waals surface area contributed by atoms with Gasteiger partial charge in [0.15, 0.2) is 0 Å². The van der Waals surface area contributed by atoms with E-state index in [0.717, 1.165) is 28.3 Å².